The lowest BCUT2D eigenvalue weighted by atomic mass is 10.0. The fourth-order valence-corrected chi connectivity index (χ4v) is 2.88. The van der Waals surface area contributed by atoms with Crippen molar-refractivity contribution in [1.82, 2.24) is 10.1 Å². The van der Waals surface area contributed by atoms with E-state index >= 15 is 0 Å². The van der Waals surface area contributed by atoms with Crippen molar-refractivity contribution in [3.05, 3.63) is 65.2 Å². The summed E-state index contributed by atoms with van der Waals surface area (Å²) in [4.78, 5) is 14.3. The molecule has 0 aliphatic carbocycles. The Balaban J connectivity index is 1.79. The normalized spacial score (nSPS) is 10.8. The van der Waals surface area contributed by atoms with E-state index in [1.165, 1.54) is 11.8 Å². The minimum Gasteiger partial charge on any atom is -0.459 e. The third kappa shape index (κ3) is 3.82. The van der Waals surface area contributed by atoms with Gasteiger partial charge < -0.3 is 13.8 Å². The zero-order chi connectivity index (χ0) is 17.8. The number of nitrogens with zero attached hydrogens (tertiary/aromatic N) is 2. The number of aromatic nitrogens is 1. The Bertz CT molecular complexity index is 850. The molecule has 0 aliphatic heterocycles. The van der Waals surface area contributed by atoms with Crippen molar-refractivity contribution in [2.24, 2.45) is 0 Å². The predicted octanol–water partition coefficient (Wildman–Crippen LogP) is 4.60. The molecular weight excluding hydrogens is 316 g/mol. The van der Waals surface area contributed by atoms with Crippen LogP contribution >= 0.6 is 0 Å². The summed E-state index contributed by atoms with van der Waals surface area (Å²) in [6.07, 6.45) is 2.36. The molecule has 0 radical (unpaired) electrons. The average molecular weight is 338 g/mol. The minimum atomic E-state index is -0.136. The molecule has 0 unspecified atom stereocenters. The predicted molar refractivity (Wildman–Crippen MR) is 95.2 cm³/mol. The molecule has 3 aromatic rings. The molecule has 130 valence electrons. The lowest BCUT2D eigenvalue weighted by Gasteiger charge is -2.19. The van der Waals surface area contributed by atoms with Crippen LogP contribution in [0, 0.1) is 13.8 Å². The molecule has 1 aromatic carbocycles. The van der Waals surface area contributed by atoms with E-state index in [2.05, 4.69) is 18.1 Å². The first-order valence-corrected chi connectivity index (χ1v) is 8.44. The standard InChI is InChI=1S/C20H22N2O3/c1-4-9-22(20(23)18-6-5-10-24-18)13-16-12-19(25-21-16)17-8-7-14(2)11-15(17)3/h5-8,10-12H,4,9,13H2,1-3H3. The second-order valence-electron chi connectivity index (χ2n) is 6.20. The Morgan fingerprint density at radius 2 is 2.04 bits per heavy atom. The molecule has 0 bridgehead atoms. The number of carbonyl (C=O) groups is 1. The Hall–Kier alpha value is -2.82. The SMILES string of the molecule is CCCN(Cc1cc(-c2ccc(C)cc2C)on1)C(=O)c1ccco1. The van der Waals surface area contributed by atoms with E-state index < -0.39 is 0 Å². The molecule has 0 spiro atoms. The molecule has 3 rings (SSSR count). The van der Waals surface area contributed by atoms with Gasteiger partial charge in [0.2, 0.25) is 0 Å². The largest absolute Gasteiger partial charge is 0.459 e. The first kappa shape index (κ1) is 17.0. The maximum atomic E-state index is 12.5. The van der Waals surface area contributed by atoms with Gasteiger partial charge in [-0.25, -0.2) is 0 Å². The summed E-state index contributed by atoms with van der Waals surface area (Å²) in [5, 5.41) is 4.14. The van der Waals surface area contributed by atoms with Gasteiger partial charge >= 0.3 is 0 Å². The van der Waals surface area contributed by atoms with Crippen molar-refractivity contribution in [3.8, 4) is 11.3 Å². The number of carbonyl (C=O) groups excluding carboxylic acids is 1. The van der Waals surface area contributed by atoms with E-state index in [1.54, 1.807) is 17.0 Å². The Morgan fingerprint density at radius 3 is 2.72 bits per heavy atom. The summed E-state index contributed by atoms with van der Waals surface area (Å²) in [5.41, 5.74) is 4.09. The quantitative estimate of drug-likeness (QED) is 0.659. The number of amides is 1. The number of rotatable bonds is 6. The average Bonchev–Trinajstić information content (AvgIpc) is 3.25. The smallest absolute Gasteiger partial charge is 0.289 e. The first-order valence-electron chi connectivity index (χ1n) is 8.44. The topological polar surface area (TPSA) is 59.5 Å². The van der Waals surface area contributed by atoms with Crippen LogP contribution < -0.4 is 0 Å². The van der Waals surface area contributed by atoms with E-state index in [0.29, 0.717) is 18.8 Å². The van der Waals surface area contributed by atoms with Crippen LogP contribution in [0.2, 0.25) is 0 Å². The Labute approximate surface area is 147 Å². The van der Waals surface area contributed by atoms with Gasteiger partial charge in [-0.15, -0.1) is 0 Å². The van der Waals surface area contributed by atoms with Crippen molar-refractivity contribution in [2.45, 2.75) is 33.7 Å². The van der Waals surface area contributed by atoms with Crippen LogP contribution in [0.1, 0.15) is 40.7 Å². The molecular formula is C20H22N2O3. The van der Waals surface area contributed by atoms with Gasteiger partial charge in [-0.2, -0.15) is 0 Å². The highest BCUT2D eigenvalue weighted by Gasteiger charge is 2.20. The third-order valence-corrected chi connectivity index (χ3v) is 4.07. The van der Waals surface area contributed by atoms with Gasteiger partial charge in [-0.05, 0) is 38.0 Å². The molecule has 5 nitrogen and oxygen atoms in total. The zero-order valence-corrected chi connectivity index (χ0v) is 14.8. The van der Waals surface area contributed by atoms with E-state index in [1.807, 2.05) is 32.0 Å². The lowest BCUT2D eigenvalue weighted by molar-refractivity contribution is 0.0707. The van der Waals surface area contributed by atoms with Crippen LogP contribution in [0.5, 0.6) is 0 Å². The zero-order valence-electron chi connectivity index (χ0n) is 14.8. The summed E-state index contributed by atoms with van der Waals surface area (Å²) < 4.78 is 10.7. The summed E-state index contributed by atoms with van der Waals surface area (Å²) in [7, 11) is 0. The fraction of sp³-hybridized carbons (Fsp3) is 0.300. The van der Waals surface area contributed by atoms with E-state index in [-0.39, 0.29) is 5.91 Å². The van der Waals surface area contributed by atoms with Gasteiger partial charge in [0.1, 0.15) is 5.69 Å². The highest BCUT2D eigenvalue weighted by Crippen LogP contribution is 2.25. The molecule has 1 amide bonds. The minimum absolute atomic E-state index is 0.136. The number of aryl methyl sites for hydroxylation is 2. The Morgan fingerprint density at radius 1 is 1.20 bits per heavy atom. The number of furan rings is 1. The number of benzene rings is 1. The van der Waals surface area contributed by atoms with Crippen molar-refractivity contribution in [1.29, 1.82) is 0 Å². The van der Waals surface area contributed by atoms with Gasteiger partial charge in [0.05, 0.1) is 12.8 Å². The highest BCUT2D eigenvalue weighted by atomic mass is 16.5. The van der Waals surface area contributed by atoms with Crippen LogP contribution in [-0.4, -0.2) is 22.5 Å². The van der Waals surface area contributed by atoms with Crippen molar-refractivity contribution in [3.63, 3.8) is 0 Å². The number of hydrogen-bond donors (Lipinski definition) is 0. The molecule has 5 heteroatoms. The molecule has 0 saturated heterocycles. The van der Waals surface area contributed by atoms with Gasteiger partial charge in [-0.3, -0.25) is 4.79 Å². The first-order chi connectivity index (χ1) is 12.1. The second kappa shape index (κ2) is 7.38. The Kier molecular flexibility index (Phi) is 5.03. The van der Waals surface area contributed by atoms with Crippen LogP contribution in [0.15, 0.2) is 51.6 Å². The maximum absolute atomic E-state index is 12.5. The summed E-state index contributed by atoms with van der Waals surface area (Å²) >= 11 is 0. The van der Waals surface area contributed by atoms with Crippen LogP contribution in [0.25, 0.3) is 11.3 Å². The molecule has 0 aliphatic rings. The van der Waals surface area contributed by atoms with E-state index in [0.717, 1.165) is 29.0 Å². The molecule has 25 heavy (non-hydrogen) atoms. The van der Waals surface area contributed by atoms with Crippen LogP contribution in [0.4, 0.5) is 0 Å². The summed E-state index contributed by atoms with van der Waals surface area (Å²) in [5.74, 6) is 0.920. The lowest BCUT2D eigenvalue weighted by Crippen LogP contribution is -2.31. The maximum Gasteiger partial charge on any atom is 0.289 e. The van der Waals surface area contributed by atoms with Gasteiger partial charge in [0, 0.05) is 18.2 Å². The van der Waals surface area contributed by atoms with Crippen molar-refractivity contribution < 1.29 is 13.7 Å². The van der Waals surface area contributed by atoms with Gasteiger partial charge in [-0.1, -0.05) is 35.8 Å². The van der Waals surface area contributed by atoms with Crippen molar-refractivity contribution >= 4 is 5.91 Å². The van der Waals surface area contributed by atoms with Crippen LogP contribution in [-0.2, 0) is 6.54 Å². The molecule has 0 atom stereocenters. The number of hydrogen-bond acceptors (Lipinski definition) is 4. The monoisotopic (exact) mass is 338 g/mol. The van der Waals surface area contributed by atoms with Crippen LogP contribution in [0.3, 0.4) is 0 Å². The highest BCUT2D eigenvalue weighted by molar-refractivity contribution is 5.91. The van der Waals surface area contributed by atoms with E-state index in [4.69, 9.17) is 8.94 Å². The molecule has 2 aromatic heterocycles. The van der Waals surface area contributed by atoms with Gasteiger partial charge in [0.15, 0.2) is 11.5 Å². The van der Waals surface area contributed by atoms with Crippen molar-refractivity contribution in [2.75, 3.05) is 6.54 Å². The summed E-state index contributed by atoms with van der Waals surface area (Å²) in [6.45, 7) is 7.17. The second-order valence-corrected chi connectivity index (χ2v) is 6.20. The van der Waals surface area contributed by atoms with Gasteiger partial charge in [0.25, 0.3) is 5.91 Å². The van der Waals surface area contributed by atoms with E-state index in [9.17, 15) is 4.79 Å². The molecule has 0 N–H and O–H groups in total. The molecule has 0 saturated carbocycles. The third-order valence-electron chi connectivity index (χ3n) is 4.07. The summed E-state index contributed by atoms with van der Waals surface area (Å²) in [6, 6.07) is 11.5. The molecule has 0 fully saturated rings. The molecule has 2 heterocycles. The fourth-order valence-electron chi connectivity index (χ4n) is 2.88.